The quantitative estimate of drug-likeness (QED) is 0.158. The van der Waals surface area contributed by atoms with Crippen LogP contribution in [0.4, 0.5) is 0 Å². The highest BCUT2D eigenvalue weighted by atomic mass is 15.0. The Morgan fingerprint density at radius 2 is 1.26 bits per heavy atom. The molecule has 302 valence electrons. The Bertz CT molecular complexity index is 2710. The predicted molar refractivity (Wildman–Crippen MR) is 252 cm³/mol. The number of benzene rings is 2. The second kappa shape index (κ2) is 17.7. The van der Waals surface area contributed by atoms with Crippen molar-refractivity contribution in [3.8, 4) is 11.3 Å². The molecule has 0 saturated heterocycles. The summed E-state index contributed by atoms with van der Waals surface area (Å²) in [6.45, 7) is 2.20. The standard InChI is InChI=1S/C56H53N5/c1-38-19-14-15-34-49(38)53-52(57-50(39-20-6-2-7-21-39)51(58-53)40-22-8-3-9-23-40)47-32-17-30-45(36-47)43-28-16-29-44(35-43)46-31-18-33-48(37-46)56-60-54(41-24-10-4-11-25-41)59-55(61-56)42-26-12-5-13-27-42/h4,6,8,10,12,14-22,24,26-30,33-37,40,46-47H,2-3,5,7,9,11,13,23,25,31-32H2,1H3. The van der Waals surface area contributed by atoms with Crippen molar-refractivity contribution in [2.75, 3.05) is 0 Å². The largest absolute Gasteiger partial charge is 0.248 e. The minimum atomic E-state index is 0.0777. The third kappa shape index (κ3) is 8.39. The van der Waals surface area contributed by atoms with E-state index in [-0.39, 0.29) is 17.8 Å². The number of aryl methyl sites for hydroxylation is 1. The van der Waals surface area contributed by atoms with E-state index in [1.165, 1.54) is 39.8 Å². The van der Waals surface area contributed by atoms with Gasteiger partial charge in [0.2, 0.25) is 0 Å². The highest BCUT2D eigenvalue weighted by molar-refractivity contribution is 5.80. The average molecular weight is 796 g/mol. The van der Waals surface area contributed by atoms with Gasteiger partial charge in [0.1, 0.15) is 0 Å². The van der Waals surface area contributed by atoms with E-state index in [0.29, 0.717) is 0 Å². The van der Waals surface area contributed by atoms with Crippen LogP contribution < -0.4 is 0 Å². The Morgan fingerprint density at radius 3 is 2.03 bits per heavy atom. The van der Waals surface area contributed by atoms with Gasteiger partial charge in [-0.3, -0.25) is 0 Å². The van der Waals surface area contributed by atoms with Gasteiger partial charge in [-0.2, -0.15) is 0 Å². The van der Waals surface area contributed by atoms with Gasteiger partial charge >= 0.3 is 0 Å². The molecule has 0 spiro atoms. The summed E-state index contributed by atoms with van der Waals surface area (Å²) in [6.07, 6.45) is 50.0. The number of aromatic nitrogens is 5. The van der Waals surface area contributed by atoms with Crippen LogP contribution >= 0.6 is 0 Å². The van der Waals surface area contributed by atoms with Gasteiger partial charge in [-0.1, -0.05) is 152 Å². The molecule has 0 fully saturated rings. The van der Waals surface area contributed by atoms with E-state index in [4.69, 9.17) is 24.9 Å². The van der Waals surface area contributed by atoms with Crippen molar-refractivity contribution in [3.05, 3.63) is 203 Å². The predicted octanol–water partition coefficient (Wildman–Crippen LogP) is 13.9. The first-order valence-electron chi connectivity index (χ1n) is 22.5. The molecule has 5 heteroatoms. The Morgan fingerprint density at radius 1 is 0.541 bits per heavy atom. The molecule has 5 nitrogen and oxygen atoms in total. The lowest BCUT2D eigenvalue weighted by atomic mass is 9.84. The summed E-state index contributed by atoms with van der Waals surface area (Å²) in [5.74, 6) is 2.81. The molecule has 10 rings (SSSR count). The van der Waals surface area contributed by atoms with E-state index in [0.717, 1.165) is 121 Å². The van der Waals surface area contributed by atoms with Crippen LogP contribution in [0, 0.1) is 6.92 Å². The summed E-state index contributed by atoms with van der Waals surface area (Å²) >= 11 is 0. The number of nitrogens with zero attached hydrogens (tertiary/aromatic N) is 5. The van der Waals surface area contributed by atoms with Crippen molar-refractivity contribution >= 4 is 27.9 Å². The summed E-state index contributed by atoms with van der Waals surface area (Å²) in [5, 5.41) is 0. The average Bonchev–Trinajstić information content (AvgIpc) is 3.35. The van der Waals surface area contributed by atoms with E-state index in [1.54, 1.807) is 0 Å². The molecule has 3 unspecified atom stereocenters. The molecule has 0 saturated carbocycles. The van der Waals surface area contributed by atoms with Gasteiger partial charge in [0, 0.05) is 34.5 Å². The maximum atomic E-state index is 5.70. The summed E-state index contributed by atoms with van der Waals surface area (Å²) in [7, 11) is 0. The van der Waals surface area contributed by atoms with Crippen molar-refractivity contribution < 1.29 is 0 Å². The van der Waals surface area contributed by atoms with Gasteiger partial charge in [0.05, 0.1) is 22.8 Å². The first-order valence-corrected chi connectivity index (χ1v) is 22.5. The van der Waals surface area contributed by atoms with E-state index in [2.05, 4.69) is 159 Å². The molecule has 3 atom stereocenters. The smallest absolute Gasteiger partial charge is 0.163 e. The summed E-state index contributed by atoms with van der Waals surface area (Å²) in [5.41, 5.74) is 14.9. The SMILES string of the molecule is Cc1ccccc1-c1nc(C2C=CCCC2)c(C2=CCCC=C2)nc1C1C=C(c2cccc(C3C=C(c4nc(C5=CCCC=C5)nc(C5=CC=CCC5)n4)C=CC3)c2)C=CC1. The zero-order chi connectivity index (χ0) is 41.0. The fourth-order valence-corrected chi connectivity index (χ4v) is 9.48. The zero-order valence-corrected chi connectivity index (χ0v) is 35.2. The second-order valence-electron chi connectivity index (χ2n) is 17.1. The lowest BCUT2D eigenvalue weighted by Crippen LogP contribution is -2.14. The van der Waals surface area contributed by atoms with Gasteiger partial charge in [-0.15, -0.1) is 0 Å². The van der Waals surface area contributed by atoms with Gasteiger partial charge in [0.15, 0.2) is 17.5 Å². The maximum Gasteiger partial charge on any atom is 0.163 e. The molecule has 0 N–H and O–H groups in total. The van der Waals surface area contributed by atoms with Crippen LogP contribution in [0.5, 0.6) is 0 Å². The first-order chi connectivity index (χ1) is 30.1. The molecule has 6 aliphatic carbocycles. The number of allylic oxidation sites excluding steroid dienone is 22. The minimum absolute atomic E-state index is 0.0777. The zero-order valence-electron chi connectivity index (χ0n) is 35.2. The maximum absolute atomic E-state index is 5.70. The van der Waals surface area contributed by atoms with E-state index < -0.39 is 0 Å². The Labute approximate surface area is 361 Å². The molecule has 2 aromatic carbocycles. The molecule has 2 heterocycles. The van der Waals surface area contributed by atoms with Crippen LogP contribution in [-0.2, 0) is 0 Å². The van der Waals surface area contributed by atoms with E-state index in [9.17, 15) is 0 Å². The van der Waals surface area contributed by atoms with Crippen LogP contribution in [0.3, 0.4) is 0 Å². The Kier molecular flexibility index (Phi) is 11.3. The highest BCUT2D eigenvalue weighted by Crippen LogP contribution is 2.41. The molecular formula is C56H53N5. The molecule has 0 bridgehead atoms. The topological polar surface area (TPSA) is 64.5 Å². The van der Waals surface area contributed by atoms with Crippen molar-refractivity contribution in [3.63, 3.8) is 0 Å². The summed E-state index contributed by atoms with van der Waals surface area (Å²) < 4.78 is 0. The fraction of sp³-hybridized carbons (Fsp3) is 0.268. The van der Waals surface area contributed by atoms with Crippen LogP contribution in [0.1, 0.15) is 140 Å². The van der Waals surface area contributed by atoms with Crippen molar-refractivity contribution in [2.24, 2.45) is 0 Å². The second-order valence-corrected chi connectivity index (χ2v) is 17.1. The van der Waals surface area contributed by atoms with Crippen LogP contribution in [0.15, 0.2) is 152 Å². The van der Waals surface area contributed by atoms with Crippen molar-refractivity contribution in [1.29, 1.82) is 0 Å². The van der Waals surface area contributed by atoms with Gasteiger partial charge < -0.3 is 0 Å². The normalized spacial score (nSPS) is 22.0. The van der Waals surface area contributed by atoms with Gasteiger partial charge in [0.25, 0.3) is 0 Å². The Balaban J connectivity index is 1.01. The van der Waals surface area contributed by atoms with E-state index >= 15 is 0 Å². The summed E-state index contributed by atoms with van der Waals surface area (Å²) in [4.78, 5) is 26.6. The first kappa shape index (κ1) is 38.8. The van der Waals surface area contributed by atoms with Crippen LogP contribution in [0.2, 0.25) is 0 Å². The van der Waals surface area contributed by atoms with Crippen LogP contribution in [0.25, 0.3) is 39.1 Å². The molecule has 6 aliphatic rings. The molecule has 4 aromatic rings. The molecule has 0 aliphatic heterocycles. The molecule has 0 amide bonds. The fourth-order valence-electron chi connectivity index (χ4n) is 9.48. The number of rotatable bonds is 9. The molecule has 61 heavy (non-hydrogen) atoms. The molecule has 0 radical (unpaired) electrons. The lowest BCUT2D eigenvalue weighted by Gasteiger charge is -2.26. The highest BCUT2D eigenvalue weighted by Gasteiger charge is 2.28. The van der Waals surface area contributed by atoms with Crippen molar-refractivity contribution in [2.45, 2.75) is 95.3 Å². The molecular weight excluding hydrogens is 743 g/mol. The van der Waals surface area contributed by atoms with Gasteiger partial charge in [-0.25, -0.2) is 24.9 Å². The minimum Gasteiger partial charge on any atom is -0.248 e. The third-order valence-corrected chi connectivity index (χ3v) is 12.8. The lowest BCUT2D eigenvalue weighted by molar-refractivity contribution is 0.635. The van der Waals surface area contributed by atoms with Crippen LogP contribution in [-0.4, -0.2) is 24.9 Å². The van der Waals surface area contributed by atoms with Crippen molar-refractivity contribution in [1.82, 2.24) is 24.9 Å². The third-order valence-electron chi connectivity index (χ3n) is 12.8. The number of hydrogen-bond donors (Lipinski definition) is 0. The summed E-state index contributed by atoms with van der Waals surface area (Å²) in [6, 6.07) is 17.8. The Hall–Kier alpha value is -6.33. The molecule has 2 aromatic heterocycles. The van der Waals surface area contributed by atoms with E-state index in [1.807, 2.05) is 0 Å². The monoisotopic (exact) mass is 795 g/mol. The van der Waals surface area contributed by atoms with Gasteiger partial charge in [-0.05, 0) is 111 Å². The number of hydrogen-bond acceptors (Lipinski definition) is 5.